The molecule has 110 valence electrons. The Kier molecular flexibility index (Phi) is 5.52. The van der Waals surface area contributed by atoms with E-state index in [0.717, 1.165) is 18.8 Å². The fourth-order valence-electron chi connectivity index (χ4n) is 2.60. The van der Waals surface area contributed by atoms with Crippen molar-refractivity contribution in [1.82, 2.24) is 10.3 Å². The summed E-state index contributed by atoms with van der Waals surface area (Å²) in [5, 5.41) is 13.7. The Labute approximate surface area is 122 Å². The maximum Gasteiger partial charge on any atom is 0.355 e. The van der Waals surface area contributed by atoms with Crippen LogP contribution in [0.1, 0.15) is 60.4 Å². The first-order valence-corrected chi connectivity index (χ1v) is 7.97. The first-order chi connectivity index (χ1) is 9.65. The molecule has 1 saturated carbocycles. The number of carbonyl (C=O) groups excluding carboxylic acids is 1. The maximum atomic E-state index is 11.7. The highest BCUT2D eigenvalue weighted by molar-refractivity contribution is 7.09. The van der Waals surface area contributed by atoms with E-state index in [1.807, 2.05) is 0 Å². The molecule has 0 unspecified atom stereocenters. The summed E-state index contributed by atoms with van der Waals surface area (Å²) in [6.07, 6.45) is 7.95. The summed E-state index contributed by atoms with van der Waals surface area (Å²) in [6, 6.07) is 0. The molecular formula is C14H20N2O3S. The van der Waals surface area contributed by atoms with Gasteiger partial charge in [-0.25, -0.2) is 9.78 Å². The van der Waals surface area contributed by atoms with Crippen molar-refractivity contribution >= 4 is 23.2 Å². The molecule has 2 N–H and O–H groups in total. The van der Waals surface area contributed by atoms with Crippen molar-refractivity contribution in [3.05, 3.63) is 16.1 Å². The lowest BCUT2D eigenvalue weighted by atomic mass is 10.0. The number of carboxylic acid groups (broad SMARTS) is 1. The van der Waals surface area contributed by atoms with Gasteiger partial charge in [-0.2, -0.15) is 0 Å². The molecule has 1 amide bonds. The largest absolute Gasteiger partial charge is 0.476 e. The van der Waals surface area contributed by atoms with Gasteiger partial charge in [0.25, 0.3) is 0 Å². The standard InChI is InChI=1S/C14H20N2O3S/c17-12(7-3-6-10-4-1-2-5-10)15-8-13-16-11(9-20-13)14(18)19/h9-10H,1-8H2,(H,15,17)(H,18,19). The van der Waals surface area contributed by atoms with Crippen LogP contribution in [-0.4, -0.2) is 22.0 Å². The van der Waals surface area contributed by atoms with Gasteiger partial charge in [-0.3, -0.25) is 4.79 Å². The second-order valence-electron chi connectivity index (χ2n) is 5.25. The predicted octanol–water partition coefficient (Wildman–Crippen LogP) is 2.82. The third kappa shape index (κ3) is 4.59. The Morgan fingerprint density at radius 3 is 2.80 bits per heavy atom. The lowest BCUT2D eigenvalue weighted by molar-refractivity contribution is -0.121. The molecule has 1 fully saturated rings. The predicted molar refractivity (Wildman–Crippen MR) is 76.7 cm³/mol. The van der Waals surface area contributed by atoms with Crippen molar-refractivity contribution in [1.29, 1.82) is 0 Å². The Morgan fingerprint density at radius 1 is 1.40 bits per heavy atom. The molecule has 0 aromatic carbocycles. The van der Waals surface area contributed by atoms with Crippen molar-refractivity contribution in [2.45, 2.75) is 51.5 Å². The van der Waals surface area contributed by atoms with Crippen molar-refractivity contribution < 1.29 is 14.7 Å². The van der Waals surface area contributed by atoms with Crippen LogP contribution in [0, 0.1) is 5.92 Å². The number of carbonyl (C=O) groups is 2. The molecule has 2 rings (SSSR count). The van der Waals surface area contributed by atoms with Crippen LogP contribution < -0.4 is 5.32 Å². The Morgan fingerprint density at radius 2 is 2.15 bits per heavy atom. The minimum absolute atomic E-state index is 0.0232. The van der Waals surface area contributed by atoms with Gasteiger partial charge in [0, 0.05) is 11.8 Å². The molecule has 0 atom stereocenters. The topological polar surface area (TPSA) is 79.3 Å². The fourth-order valence-corrected chi connectivity index (χ4v) is 3.31. The van der Waals surface area contributed by atoms with E-state index in [0.29, 0.717) is 18.0 Å². The number of aromatic nitrogens is 1. The van der Waals surface area contributed by atoms with Gasteiger partial charge in [0.1, 0.15) is 5.01 Å². The monoisotopic (exact) mass is 296 g/mol. The van der Waals surface area contributed by atoms with Crippen LogP contribution in [0.4, 0.5) is 0 Å². The number of nitrogens with one attached hydrogen (secondary N) is 1. The Balaban J connectivity index is 1.62. The van der Waals surface area contributed by atoms with Gasteiger partial charge in [-0.1, -0.05) is 25.7 Å². The van der Waals surface area contributed by atoms with Gasteiger partial charge in [-0.15, -0.1) is 11.3 Å². The second kappa shape index (κ2) is 7.38. The third-order valence-corrected chi connectivity index (χ3v) is 4.55. The van der Waals surface area contributed by atoms with E-state index >= 15 is 0 Å². The van der Waals surface area contributed by atoms with E-state index in [1.165, 1.54) is 42.4 Å². The first-order valence-electron chi connectivity index (χ1n) is 7.09. The molecule has 1 aliphatic carbocycles. The van der Waals surface area contributed by atoms with Crippen molar-refractivity contribution in [3.8, 4) is 0 Å². The summed E-state index contributed by atoms with van der Waals surface area (Å²) >= 11 is 1.26. The molecule has 0 spiro atoms. The number of thiazole rings is 1. The van der Waals surface area contributed by atoms with E-state index < -0.39 is 5.97 Å². The van der Waals surface area contributed by atoms with E-state index in [4.69, 9.17) is 5.11 Å². The van der Waals surface area contributed by atoms with Crippen molar-refractivity contribution in [2.75, 3.05) is 0 Å². The summed E-state index contributed by atoms with van der Waals surface area (Å²) in [5.74, 6) is -0.189. The zero-order valence-electron chi connectivity index (χ0n) is 11.4. The molecule has 6 heteroatoms. The van der Waals surface area contributed by atoms with E-state index in [-0.39, 0.29) is 11.6 Å². The fraction of sp³-hybridized carbons (Fsp3) is 0.643. The third-order valence-electron chi connectivity index (χ3n) is 3.70. The van der Waals surface area contributed by atoms with Crippen LogP contribution in [0.5, 0.6) is 0 Å². The number of hydrogen-bond acceptors (Lipinski definition) is 4. The van der Waals surface area contributed by atoms with Crippen LogP contribution in [0.25, 0.3) is 0 Å². The highest BCUT2D eigenvalue weighted by Crippen LogP contribution is 2.28. The van der Waals surface area contributed by atoms with Gasteiger partial charge in [0.2, 0.25) is 5.91 Å². The van der Waals surface area contributed by atoms with Gasteiger partial charge in [0.15, 0.2) is 5.69 Å². The molecule has 1 aromatic heterocycles. The average Bonchev–Trinajstić information content (AvgIpc) is 3.07. The number of carboxylic acids is 1. The van der Waals surface area contributed by atoms with Gasteiger partial charge in [-0.05, 0) is 18.8 Å². The molecule has 1 aromatic rings. The summed E-state index contributed by atoms with van der Waals surface area (Å²) in [4.78, 5) is 26.3. The quantitative estimate of drug-likeness (QED) is 0.811. The summed E-state index contributed by atoms with van der Waals surface area (Å²) in [5.41, 5.74) is 0.0421. The Bertz CT molecular complexity index is 467. The highest BCUT2D eigenvalue weighted by atomic mass is 32.1. The molecule has 0 saturated heterocycles. The summed E-state index contributed by atoms with van der Waals surface area (Å²) in [7, 11) is 0. The molecule has 1 heterocycles. The minimum atomic E-state index is -1.03. The minimum Gasteiger partial charge on any atom is -0.476 e. The van der Waals surface area contributed by atoms with Crippen LogP contribution in [0.3, 0.4) is 0 Å². The molecule has 1 aliphatic rings. The van der Waals surface area contributed by atoms with Crippen molar-refractivity contribution in [2.24, 2.45) is 5.92 Å². The molecule has 0 radical (unpaired) electrons. The van der Waals surface area contributed by atoms with Crippen LogP contribution in [0.2, 0.25) is 0 Å². The highest BCUT2D eigenvalue weighted by Gasteiger charge is 2.15. The molecule has 20 heavy (non-hydrogen) atoms. The van der Waals surface area contributed by atoms with E-state index in [9.17, 15) is 9.59 Å². The molecule has 5 nitrogen and oxygen atoms in total. The van der Waals surface area contributed by atoms with Crippen molar-refractivity contribution in [3.63, 3.8) is 0 Å². The Hall–Kier alpha value is -1.43. The zero-order valence-corrected chi connectivity index (χ0v) is 12.2. The second-order valence-corrected chi connectivity index (χ2v) is 6.19. The maximum absolute atomic E-state index is 11.7. The van der Waals surface area contributed by atoms with Gasteiger partial charge >= 0.3 is 5.97 Å². The zero-order chi connectivity index (χ0) is 14.4. The van der Waals surface area contributed by atoms with Gasteiger partial charge in [0.05, 0.1) is 6.54 Å². The van der Waals surface area contributed by atoms with Gasteiger partial charge < -0.3 is 10.4 Å². The van der Waals surface area contributed by atoms with Crippen LogP contribution >= 0.6 is 11.3 Å². The first kappa shape index (κ1) is 15.0. The van der Waals surface area contributed by atoms with E-state index in [2.05, 4.69) is 10.3 Å². The number of aromatic carboxylic acids is 1. The number of nitrogens with zero attached hydrogens (tertiary/aromatic N) is 1. The smallest absolute Gasteiger partial charge is 0.355 e. The SMILES string of the molecule is O=C(CCCC1CCCC1)NCc1nc(C(=O)O)cs1. The number of amides is 1. The lowest BCUT2D eigenvalue weighted by Crippen LogP contribution is -2.22. The average molecular weight is 296 g/mol. The normalized spacial score (nSPS) is 15.4. The number of rotatable bonds is 7. The van der Waals surface area contributed by atoms with Crippen LogP contribution in [0.15, 0.2) is 5.38 Å². The summed E-state index contributed by atoms with van der Waals surface area (Å²) in [6.45, 7) is 0.320. The molecular weight excluding hydrogens is 276 g/mol. The van der Waals surface area contributed by atoms with E-state index in [1.54, 1.807) is 0 Å². The van der Waals surface area contributed by atoms with Crippen LogP contribution in [-0.2, 0) is 11.3 Å². The molecule has 0 aliphatic heterocycles. The lowest BCUT2D eigenvalue weighted by Gasteiger charge is -2.08. The summed E-state index contributed by atoms with van der Waals surface area (Å²) < 4.78 is 0. The molecule has 0 bridgehead atoms. The number of hydrogen-bond donors (Lipinski definition) is 2.